The van der Waals surface area contributed by atoms with Gasteiger partial charge in [0.2, 0.25) is 5.91 Å². The van der Waals surface area contributed by atoms with Gasteiger partial charge < -0.3 is 19.3 Å². The van der Waals surface area contributed by atoms with Gasteiger partial charge in [0.15, 0.2) is 0 Å². The summed E-state index contributed by atoms with van der Waals surface area (Å²) in [5, 5.41) is 7.30. The quantitative estimate of drug-likeness (QED) is 0.550. The molecule has 0 saturated heterocycles. The van der Waals surface area contributed by atoms with Crippen LogP contribution in [-0.2, 0) is 16.2 Å². The molecule has 2 bridgehead atoms. The van der Waals surface area contributed by atoms with Crippen LogP contribution < -0.4 is 10.1 Å². The van der Waals surface area contributed by atoms with Gasteiger partial charge in [-0.2, -0.15) is 0 Å². The van der Waals surface area contributed by atoms with Crippen LogP contribution in [0.2, 0.25) is 0 Å². The molecule has 4 rings (SSSR count). The number of benzene rings is 1. The van der Waals surface area contributed by atoms with Crippen molar-refractivity contribution in [1.82, 2.24) is 5.32 Å². The molecule has 2 atom stereocenters. The number of carbonyl (C=O) groups is 2. The van der Waals surface area contributed by atoms with E-state index in [0.29, 0.717) is 30.0 Å². The Morgan fingerprint density at radius 3 is 2.52 bits per heavy atom. The van der Waals surface area contributed by atoms with Crippen molar-refractivity contribution in [3.8, 4) is 5.75 Å². The lowest BCUT2D eigenvalue weighted by Crippen LogP contribution is -2.46. The molecule has 2 aliphatic rings. The molecule has 1 amide bonds. The number of nitrogens with zero attached hydrogens (tertiary/aromatic N) is 1. The molecule has 31 heavy (non-hydrogen) atoms. The van der Waals surface area contributed by atoms with Crippen molar-refractivity contribution in [3.05, 3.63) is 54.0 Å². The molecule has 1 aromatic heterocycles. The highest BCUT2D eigenvalue weighted by molar-refractivity contribution is 6.02. The van der Waals surface area contributed by atoms with Crippen LogP contribution >= 0.6 is 0 Å². The largest absolute Gasteiger partial charge is 0.497 e. The van der Waals surface area contributed by atoms with Gasteiger partial charge in [0, 0.05) is 11.8 Å². The molecule has 1 heterocycles. The number of hydrogen-bond donors (Lipinski definition) is 1. The van der Waals surface area contributed by atoms with Crippen molar-refractivity contribution >= 4 is 17.6 Å². The van der Waals surface area contributed by atoms with Crippen molar-refractivity contribution in [3.63, 3.8) is 0 Å². The van der Waals surface area contributed by atoms with E-state index in [1.807, 2.05) is 6.07 Å². The first-order valence-corrected chi connectivity index (χ1v) is 10.5. The standard InChI is InChI=1S/C24H28N2O5/c1-22(2)23(3)11-12-24(22,21(28)25-15-18-6-5-13-30-18)14-19(23)26-31-20(27)16-7-9-17(29-4)10-8-16/h5-10,13H,11-12,14-15H2,1-4H3,(H,25,28). The molecule has 7 nitrogen and oxygen atoms in total. The van der Waals surface area contributed by atoms with Crippen LogP contribution in [0.1, 0.15) is 56.2 Å². The average Bonchev–Trinajstić information content (AvgIpc) is 3.40. The van der Waals surface area contributed by atoms with Gasteiger partial charge >= 0.3 is 5.97 Å². The van der Waals surface area contributed by atoms with E-state index in [1.165, 1.54) is 0 Å². The molecule has 0 radical (unpaired) electrons. The number of methoxy groups -OCH3 is 1. The Balaban J connectivity index is 1.52. The number of ether oxygens (including phenoxy) is 1. The maximum atomic E-state index is 13.3. The number of fused-ring (bicyclic) bond motifs is 2. The van der Waals surface area contributed by atoms with Crippen LogP contribution in [0.4, 0.5) is 0 Å². The van der Waals surface area contributed by atoms with E-state index in [0.717, 1.165) is 18.6 Å². The van der Waals surface area contributed by atoms with Crippen molar-refractivity contribution in [1.29, 1.82) is 0 Å². The van der Waals surface area contributed by atoms with Gasteiger partial charge in [0.1, 0.15) is 11.5 Å². The topological polar surface area (TPSA) is 90.1 Å². The third-order valence-corrected chi connectivity index (χ3v) is 7.74. The van der Waals surface area contributed by atoms with Crippen molar-refractivity contribution in [2.75, 3.05) is 7.11 Å². The van der Waals surface area contributed by atoms with Crippen LogP contribution in [0.3, 0.4) is 0 Å². The number of carbonyl (C=O) groups excluding carboxylic acids is 2. The highest BCUT2D eigenvalue weighted by Gasteiger charge is 2.71. The predicted octanol–water partition coefficient (Wildman–Crippen LogP) is 4.33. The molecular weight excluding hydrogens is 396 g/mol. The summed E-state index contributed by atoms with van der Waals surface area (Å²) in [6.45, 7) is 6.68. The number of rotatable bonds is 6. The number of nitrogens with one attached hydrogen (secondary N) is 1. The molecule has 2 aliphatic carbocycles. The van der Waals surface area contributed by atoms with Crippen LogP contribution in [0.15, 0.2) is 52.2 Å². The molecular formula is C24H28N2O5. The van der Waals surface area contributed by atoms with Gasteiger partial charge in [-0.1, -0.05) is 25.9 Å². The summed E-state index contributed by atoms with van der Waals surface area (Å²) in [6, 6.07) is 10.3. The van der Waals surface area contributed by atoms with E-state index in [-0.39, 0.29) is 16.7 Å². The Morgan fingerprint density at radius 2 is 1.87 bits per heavy atom. The van der Waals surface area contributed by atoms with Crippen LogP contribution in [0, 0.1) is 16.2 Å². The Labute approximate surface area is 181 Å². The summed E-state index contributed by atoms with van der Waals surface area (Å²) in [5.74, 6) is 0.830. The summed E-state index contributed by atoms with van der Waals surface area (Å²) >= 11 is 0. The number of hydrogen-bond acceptors (Lipinski definition) is 6. The minimum absolute atomic E-state index is 0.00990. The minimum atomic E-state index is -0.598. The van der Waals surface area contributed by atoms with Crippen molar-refractivity contribution < 1.29 is 23.6 Å². The first-order valence-electron chi connectivity index (χ1n) is 10.5. The van der Waals surface area contributed by atoms with Gasteiger partial charge in [-0.15, -0.1) is 0 Å². The molecule has 2 saturated carbocycles. The molecule has 2 unspecified atom stereocenters. The van der Waals surface area contributed by atoms with Crippen molar-refractivity contribution in [2.24, 2.45) is 21.4 Å². The summed E-state index contributed by atoms with van der Waals surface area (Å²) < 4.78 is 10.4. The third-order valence-electron chi connectivity index (χ3n) is 7.74. The lowest BCUT2D eigenvalue weighted by molar-refractivity contribution is -0.136. The van der Waals surface area contributed by atoms with E-state index in [9.17, 15) is 9.59 Å². The van der Waals surface area contributed by atoms with E-state index in [2.05, 4.69) is 31.2 Å². The molecule has 1 N–H and O–H groups in total. The summed E-state index contributed by atoms with van der Waals surface area (Å²) in [6.07, 6.45) is 3.64. The zero-order valence-electron chi connectivity index (χ0n) is 18.4. The fourth-order valence-electron chi connectivity index (χ4n) is 5.15. The maximum Gasteiger partial charge on any atom is 0.365 e. The first kappa shape index (κ1) is 21.2. The second kappa shape index (κ2) is 7.55. The lowest BCUT2D eigenvalue weighted by Gasteiger charge is -2.39. The molecule has 1 aromatic carbocycles. The summed E-state index contributed by atoms with van der Waals surface area (Å²) in [5.41, 5.74) is -0.101. The molecule has 2 aromatic rings. The van der Waals surface area contributed by atoms with E-state index in [4.69, 9.17) is 14.0 Å². The van der Waals surface area contributed by atoms with Gasteiger partial charge in [-0.3, -0.25) is 4.79 Å². The zero-order valence-corrected chi connectivity index (χ0v) is 18.4. The monoisotopic (exact) mass is 424 g/mol. The van der Waals surface area contributed by atoms with Crippen LogP contribution in [0.5, 0.6) is 5.75 Å². The van der Waals surface area contributed by atoms with Crippen LogP contribution in [-0.4, -0.2) is 24.7 Å². The second-order valence-corrected chi connectivity index (χ2v) is 9.12. The molecule has 2 fully saturated rings. The van der Waals surface area contributed by atoms with Crippen molar-refractivity contribution in [2.45, 2.75) is 46.6 Å². The van der Waals surface area contributed by atoms with E-state index in [1.54, 1.807) is 43.7 Å². The highest BCUT2D eigenvalue weighted by atomic mass is 16.7. The van der Waals surface area contributed by atoms with E-state index >= 15 is 0 Å². The van der Waals surface area contributed by atoms with Gasteiger partial charge in [-0.25, -0.2) is 4.79 Å². The Kier molecular flexibility index (Phi) is 5.15. The Hall–Kier alpha value is -3.09. The SMILES string of the molecule is COc1ccc(C(=O)ON=C2CC3(C(=O)NCc4ccco4)CCC2(C)C3(C)C)cc1. The first-order chi connectivity index (χ1) is 14.7. The van der Waals surface area contributed by atoms with Gasteiger partial charge in [-0.05, 0) is 54.7 Å². The minimum Gasteiger partial charge on any atom is -0.497 e. The normalized spacial score (nSPS) is 27.3. The van der Waals surface area contributed by atoms with Gasteiger partial charge in [0.05, 0.1) is 36.6 Å². The summed E-state index contributed by atoms with van der Waals surface area (Å²) in [7, 11) is 1.57. The average molecular weight is 424 g/mol. The molecule has 0 aliphatic heterocycles. The molecule has 164 valence electrons. The predicted molar refractivity (Wildman–Crippen MR) is 115 cm³/mol. The molecule has 7 heteroatoms. The number of furan rings is 1. The second-order valence-electron chi connectivity index (χ2n) is 9.12. The van der Waals surface area contributed by atoms with Crippen LogP contribution in [0.25, 0.3) is 0 Å². The highest BCUT2D eigenvalue weighted by Crippen LogP contribution is 2.71. The number of amides is 1. The maximum absolute atomic E-state index is 13.3. The smallest absolute Gasteiger partial charge is 0.365 e. The Bertz CT molecular complexity index is 1010. The number of oxime groups is 1. The summed E-state index contributed by atoms with van der Waals surface area (Å²) in [4.78, 5) is 31.1. The molecule has 0 spiro atoms. The third kappa shape index (κ3) is 3.23. The fourth-order valence-corrected chi connectivity index (χ4v) is 5.15. The zero-order chi connectivity index (χ0) is 22.3. The lowest BCUT2D eigenvalue weighted by atomic mass is 9.64. The van der Waals surface area contributed by atoms with Gasteiger partial charge in [0.25, 0.3) is 0 Å². The fraction of sp³-hybridized carbons (Fsp3) is 0.458. The Morgan fingerprint density at radius 1 is 1.13 bits per heavy atom. The van der Waals surface area contributed by atoms with E-state index < -0.39 is 11.4 Å².